The van der Waals surface area contributed by atoms with Gasteiger partial charge in [0.15, 0.2) is 0 Å². The van der Waals surface area contributed by atoms with Gasteiger partial charge in [0.05, 0.1) is 5.56 Å². The Balaban J connectivity index is 1.56. The maximum Gasteiger partial charge on any atom is 0.416 e. The Morgan fingerprint density at radius 2 is 1.66 bits per heavy atom. The van der Waals surface area contributed by atoms with Gasteiger partial charge in [0.25, 0.3) is 5.91 Å². The van der Waals surface area contributed by atoms with E-state index < -0.39 is 29.7 Å². The van der Waals surface area contributed by atoms with Crippen LogP contribution in [-0.2, 0) is 22.2 Å². The van der Waals surface area contributed by atoms with Crippen molar-refractivity contribution >= 4 is 28.8 Å². The highest BCUT2D eigenvalue weighted by Crippen LogP contribution is 2.32. The molecule has 3 aromatic carbocycles. The number of hydrogen-bond acceptors (Lipinski definition) is 3. The molecule has 1 aliphatic heterocycles. The van der Waals surface area contributed by atoms with E-state index in [4.69, 9.17) is 0 Å². The van der Waals surface area contributed by atoms with E-state index in [0.29, 0.717) is 28.1 Å². The summed E-state index contributed by atoms with van der Waals surface area (Å²) in [6.07, 6.45) is -1.08. The largest absolute Gasteiger partial charge is 0.416 e. The second-order valence-corrected chi connectivity index (χ2v) is 7.91. The molecule has 1 heterocycles. The van der Waals surface area contributed by atoms with Gasteiger partial charge in [-0.1, -0.05) is 60.7 Å². The Hall–Kier alpha value is -4.17. The van der Waals surface area contributed by atoms with Crippen molar-refractivity contribution in [3.05, 3.63) is 113 Å². The Morgan fingerprint density at radius 1 is 0.971 bits per heavy atom. The summed E-state index contributed by atoms with van der Waals surface area (Å²) in [4.78, 5) is 24.2. The van der Waals surface area contributed by atoms with Gasteiger partial charge in [-0.3, -0.25) is 9.59 Å². The maximum absolute atomic E-state index is 13.0. The molecule has 0 radical (unpaired) electrons. The van der Waals surface area contributed by atoms with Crippen LogP contribution in [0.25, 0.3) is 5.57 Å². The molecule has 1 atom stereocenters. The minimum atomic E-state index is -4.43. The number of halogens is 3. The van der Waals surface area contributed by atoms with Crippen LogP contribution in [0.15, 0.2) is 91.0 Å². The fraction of sp³-hybridized carbons (Fsp3) is 0.111. The molecule has 2 amide bonds. The van der Waals surface area contributed by atoms with E-state index in [1.807, 2.05) is 30.3 Å². The molecular weight excluding hydrogens is 457 g/mol. The third-order valence-corrected chi connectivity index (χ3v) is 5.51. The average molecular weight is 478 g/mol. The number of rotatable bonds is 5. The number of nitrogens with one attached hydrogen (secondary N) is 2. The number of carbonyl (C=O) groups is 2. The zero-order chi connectivity index (χ0) is 25.0. The molecule has 35 heavy (non-hydrogen) atoms. The zero-order valence-electron chi connectivity index (χ0n) is 18.3. The molecular formula is C27H21F3N2O3. The van der Waals surface area contributed by atoms with Crippen molar-refractivity contribution in [1.82, 2.24) is 0 Å². The minimum Gasteiger partial charge on any atom is -0.383 e. The first-order valence-corrected chi connectivity index (χ1v) is 10.8. The second kappa shape index (κ2) is 9.99. The van der Waals surface area contributed by atoms with Crippen LogP contribution >= 0.6 is 0 Å². The smallest absolute Gasteiger partial charge is 0.383 e. The van der Waals surface area contributed by atoms with Crippen LogP contribution in [0.2, 0.25) is 0 Å². The standard InChI is InChI=1S/C27H21F3N2O3/c28-27(29,30)19-14-12-18(13-15-19)20(17-6-2-1-3-7-17)8-4-11-25(34)31-22-9-5-10-23-21(22)16-24(33)26(35)32-23/h1-15,24,33H,16H2,(H,31,34)(H,32,35)/b11-4+,20-8+. The first-order chi connectivity index (χ1) is 16.7. The monoisotopic (exact) mass is 478 g/mol. The van der Waals surface area contributed by atoms with Crippen molar-refractivity contribution in [1.29, 1.82) is 0 Å². The van der Waals surface area contributed by atoms with Crippen molar-refractivity contribution in [3.8, 4) is 0 Å². The number of fused-ring (bicyclic) bond motifs is 1. The van der Waals surface area contributed by atoms with E-state index >= 15 is 0 Å². The number of allylic oxidation sites excluding steroid dienone is 2. The summed E-state index contributed by atoms with van der Waals surface area (Å²) >= 11 is 0. The molecule has 5 nitrogen and oxygen atoms in total. The highest BCUT2D eigenvalue weighted by molar-refractivity contribution is 6.03. The molecule has 0 spiro atoms. The Kier molecular flexibility index (Phi) is 6.84. The van der Waals surface area contributed by atoms with Crippen molar-refractivity contribution in [3.63, 3.8) is 0 Å². The number of carbonyl (C=O) groups excluding carboxylic acids is 2. The summed E-state index contributed by atoms with van der Waals surface area (Å²) in [6.45, 7) is 0. The summed E-state index contributed by atoms with van der Waals surface area (Å²) in [5, 5.41) is 15.2. The number of alkyl halides is 3. The molecule has 0 bridgehead atoms. The third kappa shape index (κ3) is 5.67. The number of benzene rings is 3. The van der Waals surface area contributed by atoms with Crippen LogP contribution in [0.5, 0.6) is 0 Å². The topological polar surface area (TPSA) is 78.4 Å². The van der Waals surface area contributed by atoms with Crippen LogP contribution in [0, 0.1) is 0 Å². The zero-order valence-corrected chi connectivity index (χ0v) is 18.3. The van der Waals surface area contributed by atoms with E-state index in [-0.39, 0.29) is 6.42 Å². The number of anilines is 2. The van der Waals surface area contributed by atoms with Crippen LogP contribution in [-0.4, -0.2) is 23.0 Å². The van der Waals surface area contributed by atoms with Crippen molar-refractivity contribution < 1.29 is 27.9 Å². The van der Waals surface area contributed by atoms with Gasteiger partial charge in [0.1, 0.15) is 6.10 Å². The fourth-order valence-corrected chi connectivity index (χ4v) is 3.76. The normalized spacial score (nSPS) is 16.1. The van der Waals surface area contributed by atoms with Gasteiger partial charge in [-0.25, -0.2) is 0 Å². The molecule has 3 N–H and O–H groups in total. The molecule has 1 unspecified atom stereocenters. The fourth-order valence-electron chi connectivity index (χ4n) is 3.76. The Labute approximate surface area is 199 Å². The lowest BCUT2D eigenvalue weighted by atomic mass is 9.96. The van der Waals surface area contributed by atoms with Crippen molar-refractivity contribution in [2.24, 2.45) is 0 Å². The van der Waals surface area contributed by atoms with E-state index in [0.717, 1.165) is 17.7 Å². The van der Waals surface area contributed by atoms with Gasteiger partial charge in [0, 0.05) is 29.4 Å². The third-order valence-electron chi connectivity index (χ3n) is 5.51. The predicted molar refractivity (Wildman–Crippen MR) is 128 cm³/mol. The number of aliphatic hydroxyl groups excluding tert-OH is 1. The van der Waals surface area contributed by atoms with Gasteiger partial charge >= 0.3 is 6.18 Å². The molecule has 0 saturated heterocycles. The predicted octanol–water partition coefficient (Wildman–Crippen LogP) is 5.19. The summed E-state index contributed by atoms with van der Waals surface area (Å²) < 4.78 is 38.9. The summed E-state index contributed by atoms with van der Waals surface area (Å²) in [6, 6.07) is 19.0. The van der Waals surface area contributed by atoms with Gasteiger partial charge in [-0.05, 0) is 41.0 Å². The van der Waals surface area contributed by atoms with Gasteiger partial charge in [-0.2, -0.15) is 13.2 Å². The lowest BCUT2D eigenvalue weighted by molar-refractivity contribution is -0.137. The van der Waals surface area contributed by atoms with Crippen LogP contribution < -0.4 is 10.6 Å². The highest BCUT2D eigenvalue weighted by Gasteiger charge is 2.30. The minimum absolute atomic E-state index is 0.0767. The summed E-state index contributed by atoms with van der Waals surface area (Å²) in [5.41, 5.74) is 2.85. The molecule has 0 aromatic heterocycles. The molecule has 1 aliphatic rings. The summed E-state index contributed by atoms with van der Waals surface area (Å²) in [7, 11) is 0. The molecule has 8 heteroatoms. The number of hydrogen-bond donors (Lipinski definition) is 3. The SMILES string of the molecule is O=C(/C=C/C=C(\c1ccccc1)c1ccc(C(F)(F)F)cc1)Nc1cccc2c1CC(O)C(=O)N2. The Bertz CT molecular complexity index is 1300. The molecule has 0 saturated carbocycles. The number of amides is 2. The molecule has 4 rings (SSSR count). The van der Waals surface area contributed by atoms with Crippen LogP contribution in [0.4, 0.5) is 24.5 Å². The van der Waals surface area contributed by atoms with E-state index in [9.17, 15) is 27.9 Å². The summed E-state index contributed by atoms with van der Waals surface area (Å²) in [5.74, 6) is -0.941. The first-order valence-electron chi connectivity index (χ1n) is 10.8. The van der Waals surface area contributed by atoms with Crippen molar-refractivity contribution in [2.45, 2.75) is 18.7 Å². The molecule has 0 aliphatic carbocycles. The highest BCUT2D eigenvalue weighted by atomic mass is 19.4. The van der Waals surface area contributed by atoms with Crippen LogP contribution in [0.3, 0.4) is 0 Å². The average Bonchev–Trinajstić information content (AvgIpc) is 2.83. The quantitative estimate of drug-likeness (QED) is 0.349. The second-order valence-electron chi connectivity index (χ2n) is 7.91. The molecule has 178 valence electrons. The maximum atomic E-state index is 13.0. The van der Waals surface area contributed by atoms with E-state index in [2.05, 4.69) is 10.6 Å². The molecule has 3 aromatic rings. The van der Waals surface area contributed by atoms with E-state index in [1.54, 1.807) is 24.3 Å². The van der Waals surface area contributed by atoms with Gasteiger partial charge in [-0.15, -0.1) is 0 Å². The molecule has 0 fully saturated rings. The van der Waals surface area contributed by atoms with Crippen LogP contribution in [0.1, 0.15) is 22.3 Å². The van der Waals surface area contributed by atoms with Gasteiger partial charge in [0.2, 0.25) is 5.91 Å². The lowest BCUT2D eigenvalue weighted by Crippen LogP contribution is -2.34. The first kappa shape index (κ1) is 24.0. The van der Waals surface area contributed by atoms with Gasteiger partial charge < -0.3 is 15.7 Å². The lowest BCUT2D eigenvalue weighted by Gasteiger charge is -2.23. The van der Waals surface area contributed by atoms with Crippen molar-refractivity contribution in [2.75, 3.05) is 10.6 Å². The Morgan fingerprint density at radius 3 is 2.34 bits per heavy atom. The number of aliphatic hydroxyl groups is 1. The van der Waals surface area contributed by atoms with E-state index in [1.165, 1.54) is 24.3 Å².